The molecule has 0 spiro atoms. The minimum Gasteiger partial charge on any atom is -0.473 e. The monoisotopic (exact) mass is 449 g/mol. The van der Waals surface area contributed by atoms with E-state index in [2.05, 4.69) is 20.7 Å². The molecule has 6 nitrogen and oxygen atoms in total. The zero-order valence-electron chi connectivity index (χ0n) is 17.3. The van der Waals surface area contributed by atoms with Gasteiger partial charge < -0.3 is 15.4 Å². The lowest BCUT2D eigenvalue weighted by Gasteiger charge is -2.25. The number of rotatable bonds is 5. The van der Waals surface area contributed by atoms with Crippen LogP contribution in [-0.2, 0) is 6.18 Å². The van der Waals surface area contributed by atoms with Crippen LogP contribution in [0.5, 0.6) is 5.88 Å². The molecule has 0 bridgehead atoms. The van der Waals surface area contributed by atoms with E-state index in [0.29, 0.717) is 35.9 Å². The number of fused-ring (bicyclic) bond motifs is 1. The summed E-state index contributed by atoms with van der Waals surface area (Å²) in [4.78, 5) is 4.67. The predicted octanol–water partition coefficient (Wildman–Crippen LogP) is 5.03. The van der Waals surface area contributed by atoms with Crippen molar-refractivity contribution in [3.05, 3.63) is 47.4 Å². The summed E-state index contributed by atoms with van der Waals surface area (Å²) in [6, 6.07) is 3.96. The standard InChI is InChI=1S/C22H23F4N5O/c23-15-7-14(22(24,25)26)8-16(9-15)29-19-10-20(32-17-5-2-6-27-11-17)30-21-18(12-28-31(19)21)13-3-1-4-13/h7-10,12-13,17,27,29H,1-6,11H2/t17-/m0/s1. The number of nitrogens with zero attached hydrogens (tertiary/aromatic N) is 3. The second-order valence-corrected chi connectivity index (χ2v) is 8.38. The van der Waals surface area contributed by atoms with Gasteiger partial charge in [-0.15, -0.1) is 0 Å². The Bertz CT molecular complexity index is 1120. The fourth-order valence-corrected chi connectivity index (χ4v) is 4.18. The Labute approximate surface area is 182 Å². The number of aromatic nitrogens is 3. The van der Waals surface area contributed by atoms with Gasteiger partial charge in [0.2, 0.25) is 5.88 Å². The molecule has 1 atom stereocenters. The van der Waals surface area contributed by atoms with Crippen molar-refractivity contribution in [3.8, 4) is 5.88 Å². The summed E-state index contributed by atoms with van der Waals surface area (Å²) in [5, 5.41) is 10.6. The van der Waals surface area contributed by atoms with Crippen LogP contribution in [0.2, 0.25) is 0 Å². The summed E-state index contributed by atoms with van der Waals surface area (Å²) in [5.74, 6) is 0.0961. The largest absolute Gasteiger partial charge is 0.473 e. The van der Waals surface area contributed by atoms with Crippen LogP contribution >= 0.6 is 0 Å². The van der Waals surface area contributed by atoms with Crippen LogP contribution < -0.4 is 15.4 Å². The highest BCUT2D eigenvalue weighted by Gasteiger charge is 2.31. The second kappa shape index (κ2) is 8.23. The van der Waals surface area contributed by atoms with Gasteiger partial charge in [0.1, 0.15) is 17.7 Å². The van der Waals surface area contributed by atoms with Crippen LogP contribution in [0, 0.1) is 5.82 Å². The van der Waals surface area contributed by atoms with Crippen molar-refractivity contribution < 1.29 is 22.3 Å². The minimum atomic E-state index is -4.66. The van der Waals surface area contributed by atoms with Crippen molar-refractivity contribution in [2.24, 2.45) is 0 Å². The Kier molecular flexibility index (Phi) is 5.40. The molecule has 10 heteroatoms. The van der Waals surface area contributed by atoms with E-state index >= 15 is 0 Å². The fourth-order valence-electron chi connectivity index (χ4n) is 4.18. The first-order valence-electron chi connectivity index (χ1n) is 10.8. The van der Waals surface area contributed by atoms with Gasteiger partial charge in [0, 0.05) is 23.9 Å². The number of ether oxygens (including phenoxy) is 1. The van der Waals surface area contributed by atoms with E-state index in [1.807, 2.05) is 0 Å². The first-order valence-corrected chi connectivity index (χ1v) is 10.8. The number of hydrogen-bond acceptors (Lipinski definition) is 5. The molecule has 1 aromatic carbocycles. The maximum atomic E-state index is 13.9. The molecule has 0 radical (unpaired) electrons. The predicted molar refractivity (Wildman–Crippen MR) is 111 cm³/mol. The van der Waals surface area contributed by atoms with Crippen LogP contribution in [0.4, 0.5) is 29.1 Å². The summed E-state index contributed by atoms with van der Waals surface area (Å²) in [7, 11) is 0. The molecule has 1 aliphatic carbocycles. The maximum Gasteiger partial charge on any atom is 0.416 e. The molecule has 3 aromatic rings. The number of hydrogen-bond donors (Lipinski definition) is 2. The van der Waals surface area contributed by atoms with E-state index in [0.717, 1.165) is 56.3 Å². The SMILES string of the molecule is Fc1cc(Nc2cc(O[C@H]3CCCNC3)nc3c(C4CCC4)cnn23)cc(C(F)(F)F)c1. The Morgan fingerprint density at radius 3 is 2.62 bits per heavy atom. The molecule has 2 fully saturated rings. The van der Waals surface area contributed by atoms with Crippen molar-refractivity contribution in [1.82, 2.24) is 19.9 Å². The molecular formula is C22H23F4N5O. The Hall–Kier alpha value is -2.88. The van der Waals surface area contributed by atoms with Crippen LogP contribution in [0.3, 0.4) is 0 Å². The minimum absolute atomic E-state index is 0.0317. The summed E-state index contributed by atoms with van der Waals surface area (Å²) in [5.41, 5.74) is 0.495. The molecule has 5 rings (SSSR count). The Balaban J connectivity index is 1.53. The van der Waals surface area contributed by atoms with Crippen LogP contribution in [0.25, 0.3) is 5.65 Å². The van der Waals surface area contributed by atoms with Gasteiger partial charge in [-0.25, -0.2) is 4.39 Å². The molecule has 2 aromatic heterocycles. The Morgan fingerprint density at radius 2 is 1.94 bits per heavy atom. The fraction of sp³-hybridized carbons (Fsp3) is 0.455. The maximum absolute atomic E-state index is 13.9. The highest BCUT2D eigenvalue weighted by molar-refractivity contribution is 5.64. The van der Waals surface area contributed by atoms with Crippen LogP contribution in [0.1, 0.15) is 49.1 Å². The van der Waals surface area contributed by atoms with Gasteiger partial charge in [0.05, 0.1) is 11.8 Å². The molecule has 0 unspecified atom stereocenters. The molecule has 1 saturated heterocycles. The van der Waals surface area contributed by atoms with Gasteiger partial charge in [0.25, 0.3) is 0 Å². The van der Waals surface area contributed by atoms with Crippen molar-refractivity contribution in [2.45, 2.75) is 50.3 Å². The quantitative estimate of drug-likeness (QED) is 0.535. The van der Waals surface area contributed by atoms with Crippen molar-refractivity contribution in [1.29, 1.82) is 0 Å². The van der Waals surface area contributed by atoms with Gasteiger partial charge in [-0.3, -0.25) is 0 Å². The molecule has 1 aliphatic heterocycles. The number of anilines is 2. The zero-order chi connectivity index (χ0) is 22.3. The normalized spacial score (nSPS) is 19.7. The van der Waals surface area contributed by atoms with E-state index < -0.39 is 17.6 Å². The summed E-state index contributed by atoms with van der Waals surface area (Å²) < 4.78 is 61.0. The third-order valence-electron chi connectivity index (χ3n) is 6.06. The number of benzene rings is 1. The lowest BCUT2D eigenvalue weighted by Crippen LogP contribution is -2.37. The molecule has 170 valence electrons. The molecular weight excluding hydrogens is 426 g/mol. The molecule has 3 heterocycles. The van der Waals surface area contributed by atoms with E-state index in [4.69, 9.17) is 4.74 Å². The van der Waals surface area contributed by atoms with Gasteiger partial charge in [-0.1, -0.05) is 6.42 Å². The van der Waals surface area contributed by atoms with Crippen molar-refractivity contribution in [3.63, 3.8) is 0 Å². The highest BCUT2D eigenvalue weighted by atomic mass is 19.4. The van der Waals surface area contributed by atoms with Gasteiger partial charge in [-0.05, 0) is 56.3 Å². The molecule has 0 amide bonds. The summed E-state index contributed by atoms with van der Waals surface area (Å²) >= 11 is 0. The molecule has 2 N–H and O–H groups in total. The highest BCUT2D eigenvalue weighted by Crippen LogP contribution is 2.39. The average molecular weight is 449 g/mol. The zero-order valence-corrected chi connectivity index (χ0v) is 17.3. The Morgan fingerprint density at radius 1 is 1.09 bits per heavy atom. The first-order chi connectivity index (χ1) is 15.4. The lowest BCUT2D eigenvalue weighted by molar-refractivity contribution is -0.137. The lowest BCUT2D eigenvalue weighted by atomic mass is 9.81. The smallest absolute Gasteiger partial charge is 0.416 e. The first kappa shape index (κ1) is 21.0. The molecule has 1 saturated carbocycles. The molecule has 2 aliphatic rings. The summed E-state index contributed by atoms with van der Waals surface area (Å²) in [6.45, 7) is 1.64. The number of nitrogens with one attached hydrogen (secondary N) is 2. The van der Waals surface area contributed by atoms with E-state index in [1.165, 1.54) is 4.52 Å². The summed E-state index contributed by atoms with van der Waals surface area (Å²) in [6.07, 6.45) is 2.14. The van der Waals surface area contributed by atoms with Crippen LogP contribution in [-0.4, -0.2) is 33.8 Å². The third-order valence-corrected chi connectivity index (χ3v) is 6.06. The van der Waals surface area contributed by atoms with Gasteiger partial charge in [0.15, 0.2) is 5.65 Å². The van der Waals surface area contributed by atoms with Crippen molar-refractivity contribution in [2.75, 3.05) is 18.4 Å². The average Bonchev–Trinajstić information content (AvgIpc) is 3.10. The van der Waals surface area contributed by atoms with Gasteiger partial charge in [-0.2, -0.15) is 27.8 Å². The molecule has 32 heavy (non-hydrogen) atoms. The van der Waals surface area contributed by atoms with Crippen molar-refractivity contribution >= 4 is 17.2 Å². The topological polar surface area (TPSA) is 63.5 Å². The van der Waals surface area contributed by atoms with Crippen LogP contribution in [0.15, 0.2) is 30.5 Å². The van der Waals surface area contributed by atoms with Gasteiger partial charge >= 0.3 is 6.18 Å². The second-order valence-electron chi connectivity index (χ2n) is 8.38. The van der Waals surface area contributed by atoms with E-state index in [-0.39, 0.29) is 11.8 Å². The third kappa shape index (κ3) is 4.23. The van der Waals surface area contributed by atoms with E-state index in [1.54, 1.807) is 12.3 Å². The number of piperidine rings is 1. The number of alkyl halides is 3. The van der Waals surface area contributed by atoms with E-state index in [9.17, 15) is 17.6 Å². The number of halogens is 4.